The number of rotatable bonds is 0. The molecule has 1 heterocycles. The summed E-state index contributed by atoms with van der Waals surface area (Å²) in [6, 6.07) is 1.98. The Hall–Kier alpha value is -1.63. The summed E-state index contributed by atoms with van der Waals surface area (Å²) in [4.78, 5) is 24.9. The molecule has 1 aliphatic carbocycles. The lowest BCUT2D eigenvalue weighted by molar-refractivity contribution is -0.142. The molecule has 0 atom stereocenters. The topological polar surface area (TPSA) is 61.2 Å². The van der Waals surface area contributed by atoms with Crippen molar-refractivity contribution in [2.75, 3.05) is 13.1 Å². The third-order valence-corrected chi connectivity index (χ3v) is 3.68. The van der Waals surface area contributed by atoms with Gasteiger partial charge in [-0.25, -0.2) is 0 Å². The number of carbonyl (C=O) groups excluding carboxylic acids is 2. The van der Waals surface area contributed by atoms with E-state index >= 15 is 0 Å². The lowest BCUT2D eigenvalue weighted by Gasteiger charge is -2.53. The van der Waals surface area contributed by atoms with Crippen LogP contribution in [-0.4, -0.2) is 29.7 Å². The zero-order valence-corrected chi connectivity index (χ0v) is 10.4. The van der Waals surface area contributed by atoms with Gasteiger partial charge in [0.05, 0.1) is 5.57 Å². The first-order chi connectivity index (χ1) is 7.80. The first-order valence-electron chi connectivity index (χ1n) is 5.73. The predicted octanol–water partition coefficient (Wildman–Crippen LogP) is 1.28. The summed E-state index contributed by atoms with van der Waals surface area (Å²) in [6.45, 7) is 6.55. The summed E-state index contributed by atoms with van der Waals surface area (Å²) in [7, 11) is 0. The molecule has 0 saturated carbocycles. The molecule has 1 aliphatic heterocycles. The van der Waals surface area contributed by atoms with E-state index in [9.17, 15) is 9.59 Å². The van der Waals surface area contributed by atoms with Crippen molar-refractivity contribution in [3.05, 3.63) is 11.6 Å². The first kappa shape index (κ1) is 11.8. The largest absolute Gasteiger partial charge is 0.341 e. The van der Waals surface area contributed by atoms with E-state index in [2.05, 4.69) is 0 Å². The molecule has 1 saturated heterocycles. The van der Waals surface area contributed by atoms with Crippen LogP contribution in [0.1, 0.15) is 27.2 Å². The van der Waals surface area contributed by atoms with Crippen molar-refractivity contribution < 1.29 is 9.59 Å². The Balaban J connectivity index is 2.29. The van der Waals surface area contributed by atoms with E-state index in [1.54, 1.807) is 17.9 Å². The molecule has 0 bridgehead atoms. The Labute approximate surface area is 101 Å². The van der Waals surface area contributed by atoms with Crippen molar-refractivity contribution in [2.45, 2.75) is 27.2 Å². The van der Waals surface area contributed by atoms with E-state index in [1.165, 1.54) is 0 Å². The number of allylic oxidation sites excluding steroid dienone is 1. The number of likely N-dealkylation sites (tertiary alicyclic amines) is 1. The van der Waals surface area contributed by atoms with Crippen LogP contribution in [-0.2, 0) is 9.59 Å². The van der Waals surface area contributed by atoms with Crippen molar-refractivity contribution in [3.8, 4) is 6.07 Å². The van der Waals surface area contributed by atoms with Crippen LogP contribution in [0.5, 0.6) is 0 Å². The molecule has 1 amide bonds. The van der Waals surface area contributed by atoms with Crippen LogP contribution in [0, 0.1) is 22.2 Å². The molecule has 2 aliphatic rings. The van der Waals surface area contributed by atoms with E-state index in [4.69, 9.17) is 5.26 Å². The maximum absolute atomic E-state index is 11.9. The highest BCUT2D eigenvalue weighted by atomic mass is 16.2. The third-order valence-electron chi connectivity index (χ3n) is 3.68. The molecule has 0 aromatic rings. The molecule has 2 rings (SSSR count). The van der Waals surface area contributed by atoms with Crippen LogP contribution in [0.25, 0.3) is 0 Å². The Morgan fingerprint density at radius 1 is 1.47 bits per heavy atom. The summed E-state index contributed by atoms with van der Waals surface area (Å²) in [5.74, 6) is -0.0239. The van der Waals surface area contributed by atoms with Gasteiger partial charge >= 0.3 is 0 Å². The van der Waals surface area contributed by atoms with Crippen molar-refractivity contribution in [1.82, 2.24) is 4.90 Å². The highest BCUT2D eigenvalue weighted by Crippen LogP contribution is 2.47. The maximum Gasteiger partial charge on any atom is 0.219 e. The summed E-state index contributed by atoms with van der Waals surface area (Å²) in [5.41, 5.74) is -0.402. The van der Waals surface area contributed by atoms with Gasteiger partial charge < -0.3 is 4.90 Å². The van der Waals surface area contributed by atoms with Crippen LogP contribution in [0.3, 0.4) is 0 Å². The normalized spacial score (nSPS) is 24.9. The van der Waals surface area contributed by atoms with E-state index < -0.39 is 5.41 Å². The van der Waals surface area contributed by atoms with Gasteiger partial charge in [-0.2, -0.15) is 5.26 Å². The average Bonchev–Trinajstić information content (AvgIpc) is 2.18. The van der Waals surface area contributed by atoms with Gasteiger partial charge in [-0.3, -0.25) is 9.59 Å². The third kappa shape index (κ3) is 1.76. The number of hydrogen-bond acceptors (Lipinski definition) is 3. The molecule has 4 nitrogen and oxygen atoms in total. The molecule has 90 valence electrons. The van der Waals surface area contributed by atoms with E-state index in [-0.39, 0.29) is 22.7 Å². The molecule has 1 fully saturated rings. The highest BCUT2D eigenvalue weighted by molar-refractivity contribution is 6.03. The van der Waals surface area contributed by atoms with Crippen LogP contribution >= 0.6 is 0 Å². The van der Waals surface area contributed by atoms with Crippen molar-refractivity contribution >= 4 is 11.7 Å². The number of amides is 1. The Kier molecular flexibility index (Phi) is 2.39. The van der Waals surface area contributed by atoms with Gasteiger partial charge in [0.25, 0.3) is 0 Å². The zero-order valence-electron chi connectivity index (χ0n) is 10.4. The Morgan fingerprint density at radius 2 is 2.06 bits per heavy atom. The number of nitrogens with zero attached hydrogens (tertiary/aromatic N) is 2. The van der Waals surface area contributed by atoms with E-state index in [0.29, 0.717) is 19.5 Å². The SMILES string of the molecule is CC(=O)N1CC2(C=C(C#N)C(=O)C(C)(C)C2)C1. The molecule has 1 spiro atoms. The molecule has 4 heteroatoms. The number of carbonyl (C=O) groups is 2. The van der Waals surface area contributed by atoms with Crippen molar-refractivity contribution in [2.24, 2.45) is 10.8 Å². The number of Topliss-reactive ketones (excluding diaryl/α,β-unsaturated/α-hetero) is 1. The molecule has 0 unspecified atom stereocenters. The van der Waals surface area contributed by atoms with Crippen molar-refractivity contribution in [3.63, 3.8) is 0 Å². The fraction of sp³-hybridized carbons (Fsp3) is 0.615. The molecule has 0 aromatic carbocycles. The minimum atomic E-state index is -0.497. The number of ketones is 1. The summed E-state index contributed by atoms with van der Waals surface area (Å²) >= 11 is 0. The lowest BCUT2D eigenvalue weighted by atomic mass is 9.61. The molecule has 17 heavy (non-hydrogen) atoms. The van der Waals surface area contributed by atoms with Gasteiger partial charge in [0.1, 0.15) is 6.07 Å². The van der Waals surface area contributed by atoms with Crippen molar-refractivity contribution in [1.29, 1.82) is 5.26 Å². The maximum atomic E-state index is 11.9. The molecular weight excluding hydrogens is 216 g/mol. The first-order valence-corrected chi connectivity index (χ1v) is 5.73. The van der Waals surface area contributed by atoms with Crippen LogP contribution in [0.15, 0.2) is 11.6 Å². The predicted molar refractivity (Wildman–Crippen MR) is 61.8 cm³/mol. The smallest absolute Gasteiger partial charge is 0.219 e. The van der Waals surface area contributed by atoms with Crippen LogP contribution < -0.4 is 0 Å². The average molecular weight is 232 g/mol. The number of nitriles is 1. The monoisotopic (exact) mass is 232 g/mol. The van der Waals surface area contributed by atoms with E-state index in [1.807, 2.05) is 19.9 Å². The quantitative estimate of drug-likeness (QED) is 0.632. The second-order valence-corrected chi connectivity index (χ2v) is 5.80. The summed E-state index contributed by atoms with van der Waals surface area (Å²) in [6.07, 6.45) is 2.49. The fourth-order valence-electron chi connectivity index (χ4n) is 2.97. The minimum absolute atomic E-state index is 0.0530. The Bertz CT molecular complexity index is 462. The Morgan fingerprint density at radius 3 is 2.53 bits per heavy atom. The molecule has 0 radical (unpaired) electrons. The molecule has 0 N–H and O–H groups in total. The van der Waals surface area contributed by atoms with Gasteiger partial charge in [0, 0.05) is 30.8 Å². The second kappa shape index (κ2) is 3.43. The summed E-state index contributed by atoms with van der Waals surface area (Å²) in [5, 5.41) is 9.00. The number of hydrogen-bond donors (Lipinski definition) is 0. The molecular formula is C13H16N2O2. The van der Waals surface area contributed by atoms with Gasteiger partial charge in [-0.05, 0) is 6.42 Å². The minimum Gasteiger partial charge on any atom is -0.341 e. The van der Waals surface area contributed by atoms with Crippen LogP contribution in [0.4, 0.5) is 0 Å². The standard InChI is InChI=1S/C13H16N2O2/c1-9(16)15-7-13(8-15)4-10(5-14)11(17)12(2,3)6-13/h4H,6-8H2,1-3H3. The summed E-state index contributed by atoms with van der Waals surface area (Å²) < 4.78 is 0. The van der Waals surface area contributed by atoms with E-state index in [0.717, 1.165) is 0 Å². The van der Waals surface area contributed by atoms with Gasteiger partial charge in [0.2, 0.25) is 5.91 Å². The van der Waals surface area contributed by atoms with Gasteiger partial charge in [-0.1, -0.05) is 19.9 Å². The van der Waals surface area contributed by atoms with Gasteiger partial charge in [-0.15, -0.1) is 0 Å². The van der Waals surface area contributed by atoms with Crippen LogP contribution in [0.2, 0.25) is 0 Å². The lowest BCUT2D eigenvalue weighted by Crippen LogP contribution is -2.60. The fourth-order valence-corrected chi connectivity index (χ4v) is 2.97. The molecule has 0 aromatic heterocycles. The highest BCUT2D eigenvalue weighted by Gasteiger charge is 2.51. The second-order valence-electron chi connectivity index (χ2n) is 5.80. The zero-order chi connectivity index (χ0) is 12.8. The van der Waals surface area contributed by atoms with Gasteiger partial charge in [0.15, 0.2) is 5.78 Å².